The number of carbonyl (C=O) groups excluding carboxylic acids is 1. The molecule has 1 aliphatic heterocycles. The lowest BCUT2D eigenvalue weighted by Crippen LogP contribution is -2.25. The molecule has 1 aromatic carbocycles. The molecule has 1 unspecified atom stereocenters. The predicted molar refractivity (Wildman–Crippen MR) is 61.3 cm³/mol. The molecule has 0 spiro atoms. The van der Waals surface area contributed by atoms with Gasteiger partial charge in [-0.25, -0.2) is 4.79 Å². The number of halogens is 1. The van der Waals surface area contributed by atoms with Crippen LogP contribution >= 0.6 is 11.6 Å². The first-order chi connectivity index (χ1) is 8.08. The number of cyclic esters (lactones) is 1. The number of hydrogen-bond donors (Lipinski definition) is 1. The van der Waals surface area contributed by atoms with E-state index in [4.69, 9.17) is 21.4 Å². The number of aliphatic carboxylic acids is 1. The van der Waals surface area contributed by atoms with Gasteiger partial charge in [-0.3, -0.25) is 9.69 Å². The van der Waals surface area contributed by atoms with Gasteiger partial charge in [0.1, 0.15) is 6.10 Å². The van der Waals surface area contributed by atoms with Gasteiger partial charge in [0.05, 0.1) is 23.7 Å². The second kappa shape index (κ2) is 4.63. The molecule has 0 radical (unpaired) electrons. The van der Waals surface area contributed by atoms with Crippen LogP contribution in [0.15, 0.2) is 24.3 Å². The molecule has 1 heterocycles. The van der Waals surface area contributed by atoms with Gasteiger partial charge in [0.25, 0.3) is 0 Å². The molecule has 6 heteroatoms. The van der Waals surface area contributed by atoms with Gasteiger partial charge < -0.3 is 9.84 Å². The Kier molecular flexibility index (Phi) is 3.19. The van der Waals surface area contributed by atoms with Crippen molar-refractivity contribution in [3.63, 3.8) is 0 Å². The highest BCUT2D eigenvalue weighted by molar-refractivity contribution is 6.33. The molecule has 1 fully saturated rings. The Hall–Kier alpha value is -1.75. The summed E-state index contributed by atoms with van der Waals surface area (Å²) < 4.78 is 4.94. The second-order valence-electron chi connectivity index (χ2n) is 3.67. The predicted octanol–water partition coefficient (Wildman–Crippen LogP) is 2.14. The summed E-state index contributed by atoms with van der Waals surface area (Å²) in [4.78, 5) is 23.5. The number of hydrogen-bond acceptors (Lipinski definition) is 3. The van der Waals surface area contributed by atoms with Crippen molar-refractivity contribution < 1.29 is 19.4 Å². The largest absolute Gasteiger partial charge is 0.481 e. The summed E-state index contributed by atoms with van der Waals surface area (Å²) in [6.07, 6.45) is -1.40. The number of para-hydroxylation sites is 1. The standard InChI is InChI=1S/C11H10ClNO4/c12-8-3-1-2-4-9(8)13-6-7(5-10(14)15)17-11(13)16/h1-4,7H,5-6H2,(H,14,15). The maximum atomic E-state index is 11.6. The highest BCUT2D eigenvalue weighted by Crippen LogP contribution is 2.29. The van der Waals surface area contributed by atoms with Crippen LogP contribution in [0.4, 0.5) is 10.5 Å². The minimum absolute atomic E-state index is 0.202. The number of carboxylic acid groups (broad SMARTS) is 1. The smallest absolute Gasteiger partial charge is 0.414 e. The molecular formula is C11H10ClNO4. The number of carboxylic acids is 1. The SMILES string of the molecule is O=C(O)CC1CN(c2ccccc2Cl)C(=O)O1. The molecule has 2 rings (SSSR count). The average molecular weight is 256 g/mol. The van der Waals surface area contributed by atoms with Crippen molar-refractivity contribution in [3.8, 4) is 0 Å². The first-order valence-electron chi connectivity index (χ1n) is 5.02. The molecule has 1 aromatic rings. The van der Waals surface area contributed by atoms with Crippen LogP contribution in [0.5, 0.6) is 0 Å². The van der Waals surface area contributed by atoms with Crippen LogP contribution in [0, 0.1) is 0 Å². The molecule has 0 aliphatic carbocycles. The maximum Gasteiger partial charge on any atom is 0.414 e. The van der Waals surface area contributed by atoms with Gasteiger partial charge in [-0.2, -0.15) is 0 Å². The molecule has 90 valence electrons. The molecule has 1 amide bonds. The minimum atomic E-state index is -0.996. The molecule has 1 saturated heterocycles. The van der Waals surface area contributed by atoms with Crippen LogP contribution in [0.25, 0.3) is 0 Å². The Labute approximate surface area is 103 Å². The summed E-state index contributed by atoms with van der Waals surface area (Å²) in [5.41, 5.74) is 0.534. The van der Waals surface area contributed by atoms with E-state index in [0.29, 0.717) is 10.7 Å². The van der Waals surface area contributed by atoms with E-state index in [1.165, 1.54) is 4.90 Å². The summed E-state index contributed by atoms with van der Waals surface area (Å²) in [5.74, 6) is -0.996. The number of carbonyl (C=O) groups is 2. The van der Waals surface area contributed by atoms with E-state index in [-0.39, 0.29) is 13.0 Å². The van der Waals surface area contributed by atoms with Gasteiger partial charge in [-0.1, -0.05) is 23.7 Å². The number of benzene rings is 1. The fraction of sp³-hybridized carbons (Fsp3) is 0.273. The normalized spacial score (nSPS) is 19.2. The Balaban J connectivity index is 2.16. The summed E-state index contributed by atoms with van der Waals surface area (Å²) >= 11 is 5.96. The van der Waals surface area contributed by atoms with E-state index in [1.807, 2.05) is 0 Å². The lowest BCUT2D eigenvalue weighted by atomic mass is 10.2. The second-order valence-corrected chi connectivity index (χ2v) is 4.07. The lowest BCUT2D eigenvalue weighted by molar-refractivity contribution is -0.138. The molecule has 1 atom stereocenters. The van der Waals surface area contributed by atoms with Gasteiger partial charge in [0.15, 0.2) is 0 Å². The molecular weight excluding hydrogens is 246 g/mol. The fourth-order valence-electron chi connectivity index (χ4n) is 1.69. The summed E-state index contributed by atoms with van der Waals surface area (Å²) in [7, 11) is 0. The Bertz CT molecular complexity index is 463. The van der Waals surface area contributed by atoms with Gasteiger partial charge in [-0.15, -0.1) is 0 Å². The number of amides is 1. The highest BCUT2D eigenvalue weighted by Gasteiger charge is 2.34. The molecule has 1 N–H and O–H groups in total. The monoisotopic (exact) mass is 255 g/mol. The van der Waals surface area contributed by atoms with Gasteiger partial charge in [0, 0.05) is 0 Å². The van der Waals surface area contributed by atoms with Crippen LogP contribution in [0.3, 0.4) is 0 Å². The first-order valence-corrected chi connectivity index (χ1v) is 5.40. The molecule has 5 nitrogen and oxygen atoms in total. The number of ether oxygens (including phenoxy) is 1. The van der Waals surface area contributed by atoms with Crippen molar-refractivity contribution in [3.05, 3.63) is 29.3 Å². The topological polar surface area (TPSA) is 66.8 Å². The molecule has 0 aromatic heterocycles. The Morgan fingerprint density at radius 1 is 1.53 bits per heavy atom. The van der Waals surface area contributed by atoms with Crippen LogP contribution in [-0.2, 0) is 9.53 Å². The van der Waals surface area contributed by atoms with Crippen LogP contribution < -0.4 is 4.90 Å². The van der Waals surface area contributed by atoms with E-state index in [0.717, 1.165) is 0 Å². The first kappa shape index (κ1) is 11.7. The molecule has 1 aliphatic rings. The third-order valence-electron chi connectivity index (χ3n) is 2.42. The maximum absolute atomic E-state index is 11.6. The van der Waals surface area contributed by atoms with Crippen molar-refractivity contribution in [2.24, 2.45) is 0 Å². The fourth-order valence-corrected chi connectivity index (χ4v) is 1.93. The number of rotatable bonds is 3. The van der Waals surface area contributed by atoms with Crippen molar-refractivity contribution in [2.45, 2.75) is 12.5 Å². The highest BCUT2D eigenvalue weighted by atomic mass is 35.5. The van der Waals surface area contributed by atoms with Gasteiger partial charge >= 0.3 is 12.1 Å². The van der Waals surface area contributed by atoms with Crippen molar-refractivity contribution >= 4 is 29.4 Å². The zero-order valence-corrected chi connectivity index (χ0v) is 9.55. The van der Waals surface area contributed by atoms with E-state index >= 15 is 0 Å². The van der Waals surface area contributed by atoms with E-state index in [2.05, 4.69) is 0 Å². The zero-order chi connectivity index (χ0) is 12.4. The minimum Gasteiger partial charge on any atom is -0.481 e. The number of anilines is 1. The zero-order valence-electron chi connectivity index (χ0n) is 8.80. The van der Waals surface area contributed by atoms with Crippen molar-refractivity contribution in [1.29, 1.82) is 0 Å². The van der Waals surface area contributed by atoms with E-state index in [1.54, 1.807) is 24.3 Å². The van der Waals surface area contributed by atoms with Crippen LogP contribution in [-0.4, -0.2) is 29.8 Å². The average Bonchev–Trinajstić information content (AvgIpc) is 2.59. The van der Waals surface area contributed by atoms with Crippen molar-refractivity contribution in [1.82, 2.24) is 0 Å². The Morgan fingerprint density at radius 2 is 2.24 bits per heavy atom. The van der Waals surface area contributed by atoms with Crippen molar-refractivity contribution in [2.75, 3.05) is 11.4 Å². The summed E-state index contributed by atoms with van der Waals surface area (Å²) in [6.45, 7) is 0.203. The quantitative estimate of drug-likeness (QED) is 0.899. The van der Waals surface area contributed by atoms with E-state index in [9.17, 15) is 9.59 Å². The Morgan fingerprint density at radius 3 is 2.88 bits per heavy atom. The lowest BCUT2D eigenvalue weighted by Gasteiger charge is -2.13. The molecule has 0 bridgehead atoms. The summed E-state index contributed by atoms with van der Waals surface area (Å²) in [6, 6.07) is 6.85. The molecule has 17 heavy (non-hydrogen) atoms. The summed E-state index contributed by atoms with van der Waals surface area (Å²) in [5, 5.41) is 9.07. The van der Waals surface area contributed by atoms with Gasteiger partial charge in [0.2, 0.25) is 0 Å². The number of nitrogens with zero attached hydrogens (tertiary/aromatic N) is 1. The van der Waals surface area contributed by atoms with Crippen LogP contribution in [0.1, 0.15) is 6.42 Å². The van der Waals surface area contributed by atoms with E-state index < -0.39 is 18.2 Å². The molecule has 0 saturated carbocycles. The van der Waals surface area contributed by atoms with Crippen LogP contribution in [0.2, 0.25) is 5.02 Å². The third kappa shape index (κ3) is 2.50. The van der Waals surface area contributed by atoms with Gasteiger partial charge in [-0.05, 0) is 12.1 Å². The third-order valence-corrected chi connectivity index (χ3v) is 2.74.